The van der Waals surface area contributed by atoms with Crippen LogP contribution in [0.4, 0.5) is 0 Å². The largest absolute Gasteiger partial charge is 0.426 e. The van der Waals surface area contributed by atoms with Gasteiger partial charge in [0.25, 0.3) is 0 Å². The fourth-order valence-corrected chi connectivity index (χ4v) is 1.45. The van der Waals surface area contributed by atoms with Gasteiger partial charge in [0.1, 0.15) is 5.75 Å². The molecule has 1 heterocycles. The lowest BCUT2D eigenvalue weighted by molar-refractivity contribution is 0.281. The zero-order valence-electron chi connectivity index (χ0n) is 9.13. The average Bonchev–Trinajstić information content (AvgIpc) is 2.76. The molecule has 2 aromatic rings. The fourth-order valence-electron chi connectivity index (χ4n) is 1.45. The Hall–Kier alpha value is -1.81. The average molecular weight is 218 g/mol. The first-order valence-corrected chi connectivity index (χ1v) is 5.22. The summed E-state index contributed by atoms with van der Waals surface area (Å²) >= 11 is 0. The minimum Gasteiger partial charge on any atom is -0.426 e. The minimum atomic E-state index is 0.0133. The van der Waals surface area contributed by atoms with Gasteiger partial charge in [0.05, 0.1) is 6.61 Å². The van der Waals surface area contributed by atoms with Gasteiger partial charge in [0, 0.05) is 18.9 Å². The van der Waals surface area contributed by atoms with Crippen molar-refractivity contribution in [3.8, 4) is 11.8 Å². The first-order valence-electron chi connectivity index (χ1n) is 5.22. The van der Waals surface area contributed by atoms with Crippen LogP contribution in [-0.4, -0.2) is 14.7 Å². The molecule has 0 aliphatic rings. The van der Waals surface area contributed by atoms with E-state index in [1.165, 1.54) is 0 Å². The molecular formula is C12H14N2O2. The predicted molar refractivity (Wildman–Crippen MR) is 60.3 cm³/mol. The molecular weight excluding hydrogens is 204 g/mol. The van der Waals surface area contributed by atoms with E-state index >= 15 is 0 Å². The summed E-state index contributed by atoms with van der Waals surface area (Å²) in [4.78, 5) is 4.12. The Labute approximate surface area is 94.1 Å². The Morgan fingerprint density at radius 2 is 2.31 bits per heavy atom. The molecule has 0 aliphatic carbocycles. The summed E-state index contributed by atoms with van der Waals surface area (Å²) in [5.41, 5.74) is 0.826. The Balaban J connectivity index is 2.20. The van der Waals surface area contributed by atoms with Crippen LogP contribution in [0.5, 0.6) is 11.8 Å². The number of hydrogen-bond donors (Lipinski definition) is 1. The zero-order chi connectivity index (χ0) is 11.4. The number of nitrogens with zero attached hydrogens (tertiary/aromatic N) is 2. The van der Waals surface area contributed by atoms with Crippen molar-refractivity contribution in [2.75, 3.05) is 0 Å². The number of ether oxygens (including phenoxy) is 1. The highest BCUT2D eigenvalue weighted by atomic mass is 16.5. The van der Waals surface area contributed by atoms with Gasteiger partial charge in [0.2, 0.25) is 0 Å². The monoisotopic (exact) mass is 218 g/mol. The summed E-state index contributed by atoms with van der Waals surface area (Å²) < 4.78 is 7.53. The van der Waals surface area contributed by atoms with Crippen LogP contribution in [-0.2, 0) is 13.2 Å². The molecule has 0 amide bonds. The van der Waals surface area contributed by atoms with Crippen LogP contribution < -0.4 is 4.74 Å². The predicted octanol–water partition coefficient (Wildman–Crippen LogP) is 2.19. The van der Waals surface area contributed by atoms with E-state index in [2.05, 4.69) is 4.98 Å². The third-order valence-electron chi connectivity index (χ3n) is 2.31. The van der Waals surface area contributed by atoms with Gasteiger partial charge < -0.3 is 14.4 Å². The Bertz CT molecular complexity index is 466. The minimum absolute atomic E-state index is 0.0133. The standard InChI is InChI=1S/C12H14N2O2/c1-2-14-7-6-13-12(14)16-11-5-3-4-10(8-11)9-15/h3-8,15H,2,9H2,1H3. The smallest absolute Gasteiger partial charge is 0.301 e. The molecule has 4 heteroatoms. The van der Waals surface area contributed by atoms with Crippen molar-refractivity contribution in [3.63, 3.8) is 0 Å². The molecule has 84 valence electrons. The van der Waals surface area contributed by atoms with Crippen molar-refractivity contribution in [1.29, 1.82) is 0 Å². The first kappa shape index (κ1) is 10.7. The molecule has 0 saturated carbocycles. The highest BCUT2D eigenvalue weighted by Crippen LogP contribution is 2.20. The van der Waals surface area contributed by atoms with Gasteiger partial charge in [-0.2, -0.15) is 0 Å². The maximum atomic E-state index is 9.01. The second-order valence-corrected chi connectivity index (χ2v) is 3.40. The van der Waals surface area contributed by atoms with E-state index in [0.717, 1.165) is 12.1 Å². The molecule has 1 aromatic heterocycles. The lowest BCUT2D eigenvalue weighted by Crippen LogP contribution is -1.97. The fraction of sp³-hybridized carbons (Fsp3) is 0.250. The number of aliphatic hydroxyl groups is 1. The van der Waals surface area contributed by atoms with Crippen LogP contribution in [0.1, 0.15) is 12.5 Å². The quantitative estimate of drug-likeness (QED) is 0.855. The van der Waals surface area contributed by atoms with Crippen LogP contribution in [0.2, 0.25) is 0 Å². The summed E-state index contributed by atoms with van der Waals surface area (Å²) in [6.45, 7) is 2.85. The molecule has 0 saturated heterocycles. The molecule has 0 atom stereocenters. The lowest BCUT2D eigenvalue weighted by Gasteiger charge is -2.07. The van der Waals surface area contributed by atoms with Crippen LogP contribution >= 0.6 is 0 Å². The van der Waals surface area contributed by atoms with E-state index < -0.39 is 0 Å². The SMILES string of the molecule is CCn1ccnc1Oc1cccc(CO)c1. The molecule has 0 fully saturated rings. The maximum Gasteiger partial charge on any atom is 0.301 e. The van der Waals surface area contributed by atoms with Crippen molar-refractivity contribution < 1.29 is 9.84 Å². The number of aryl methyl sites for hydroxylation is 1. The Morgan fingerprint density at radius 1 is 1.44 bits per heavy atom. The van der Waals surface area contributed by atoms with Gasteiger partial charge in [-0.05, 0) is 24.6 Å². The molecule has 0 unspecified atom stereocenters. The normalized spacial score (nSPS) is 10.4. The third-order valence-corrected chi connectivity index (χ3v) is 2.31. The molecule has 16 heavy (non-hydrogen) atoms. The van der Waals surface area contributed by atoms with Crippen molar-refractivity contribution in [2.45, 2.75) is 20.1 Å². The van der Waals surface area contributed by atoms with Gasteiger partial charge in [-0.1, -0.05) is 12.1 Å². The number of hydrogen-bond acceptors (Lipinski definition) is 3. The van der Waals surface area contributed by atoms with E-state index in [1.54, 1.807) is 12.3 Å². The Kier molecular flexibility index (Phi) is 3.22. The van der Waals surface area contributed by atoms with Gasteiger partial charge in [-0.15, -0.1) is 0 Å². The maximum absolute atomic E-state index is 9.01. The molecule has 0 aliphatic heterocycles. The summed E-state index contributed by atoms with van der Waals surface area (Å²) in [6.07, 6.45) is 3.57. The van der Waals surface area contributed by atoms with Gasteiger partial charge in [-0.25, -0.2) is 4.98 Å². The van der Waals surface area contributed by atoms with Crippen molar-refractivity contribution >= 4 is 0 Å². The van der Waals surface area contributed by atoms with Gasteiger partial charge >= 0.3 is 6.01 Å². The summed E-state index contributed by atoms with van der Waals surface area (Å²) in [5.74, 6) is 0.687. The number of aliphatic hydroxyl groups excluding tert-OH is 1. The molecule has 1 aromatic carbocycles. The summed E-state index contributed by atoms with van der Waals surface area (Å²) in [5, 5.41) is 9.01. The Morgan fingerprint density at radius 3 is 3.06 bits per heavy atom. The van der Waals surface area contributed by atoms with E-state index in [4.69, 9.17) is 9.84 Å². The molecule has 0 spiro atoms. The van der Waals surface area contributed by atoms with E-state index in [1.807, 2.05) is 35.9 Å². The van der Waals surface area contributed by atoms with Crippen LogP contribution in [0.25, 0.3) is 0 Å². The number of aromatic nitrogens is 2. The molecule has 0 bridgehead atoms. The number of rotatable bonds is 4. The highest BCUT2D eigenvalue weighted by Gasteiger charge is 2.04. The summed E-state index contributed by atoms with van der Waals surface area (Å²) in [6, 6.07) is 7.90. The van der Waals surface area contributed by atoms with Crippen LogP contribution in [0, 0.1) is 0 Å². The topological polar surface area (TPSA) is 47.3 Å². The summed E-state index contributed by atoms with van der Waals surface area (Å²) in [7, 11) is 0. The second kappa shape index (κ2) is 4.81. The first-order chi connectivity index (χ1) is 7.83. The zero-order valence-corrected chi connectivity index (χ0v) is 9.13. The molecule has 0 radical (unpaired) electrons. The van der Waals surface area contributed by atoms with Crippen LogP contribution in [0.15, 0.2) is 36.7 Å². The van der Waals surface area contributed by atoms with Crippen LogP contribution in [0.3, 0.4) is 0 Å². The third kappa shape index (κ3) is 2.23. The lowest BCUT2D eigenvalue weighted by atomic mass is 10.2. The van der Waals surface area contributed by atoms with Crippen molar-refractivity contribution in [1.82, 2.24) is 9.55 Å². The molecule has 4 nitrogen and oxygen atoms in total. The van der Waals surface area contributed by atoms with E-state index in [-0.39, 0.29) is 6.61 Å². The van der Waals surface area contributed by atoms with E-state index in [0.29, 0.717) is 11.8 Å². The number of benzene rings is 1. The van der Waals surface area contributed by atoms with Gasteiger partial charge in [0.15, 0.2) is 0 Å². The van der Waals surface area contributed by atoms with Crippen molar-refractivity contribution in [3.05, 3.63) is 42.2 Å². The molecule has 2 rings (SSSR count). The number of imidazole rings is 1. The van der Waals surface area contributed by atoms with Crippen molar-refractivity contribution in [2.24, 2.45) is 0 Å². The molecule has 1 N–H and O–H groups in total. The second-order valence-electron chi connectivity index (χ2n) is 3.40. The van der Waals surface area contributed by atoms with Gasteiger partial charge in [-0.3, -0.25) is 0 Å². The van der Waals surface area contributed by atoms with E-state index in [9.17, 15) is 0 Å². The highest BCUT2D eigenvalue weighted by molar-refractivity contribution is 5.30.